The maximum atomic E-state index is 5.53. The van der Waals surface area contributed by atoms with E-state index in [0.717, 1.165) is 38.1 Å². The maximum Gasteiger partial charge on any atom is 0.0591 e. The zero-order chi connectivity index (χ0) is 16.2. The largest absolute Gasteiger partial charge is 0.384 e. The van der Waals surface area contributed by atoms with Gasteiger partial charge in [0.2, 0.25) is 0 Å². The van der Waals surface area contributed by atoms with E-state index in [2.05, 4.69) is 39.8 Å². The molecular formula is C20H31N3O. The third-order valence-corrected chi connectivity index (χ3v) is 6.16. The van der Waals surface area contributed by atoms with Crippen molar-refractivity contribution in [2.24, 2.45) is 5.92 Å². The number of anilines is 1. The number of hydrogen-bond donors (Lipinski definition) is 2. The molecule has 0 radical (unpaired) electrons. The number of hydrogen-bond acceptors (Lipinski definition) is 4. The number of para-hydroxylation sites is 1. The van der Waals surface area contributed by atoms with Crippen molar-refractivity contribution >= 4 is 5.69 Å². The number of benzene rings is 1. The Morgan fingerprint density at radius 2 is 1.96 bits per heavy atom. The minimum absolute atomic E-state index is 0.649. The Balaban J connectivity index is 1.24. The number of fused-ring (bicyclic) bond motifs is 1. The molecule has 4 rings (SSSR count). The fourth-order valence-electron chi connectivity index (χ4n) is 4.66. The molecule has 0 aliphatic carbocycles. The first-order valence-corrected chi connectivity index (χ1v) is 9.76. The van der Waals surface area contributed by atoms with Crippen LogP contribution in [-0.2, 0) is 4.74 Å². The topological polar surface area (TPSA) is 36.5 Å². The van der Waals surface area contributed by atoms with Gasteiger partial charge in [-0.25, -0.2) is 0 Å². The summed E-state index contributed by atoms with van der Waals surface area (Å²) in [5.74, 6) is 1.57. The van der Waals surface area contributed by atoms with E-state index >= 15 is 0 Å². The van der Waals surface area contributed by atoms with E-state index < -0.39 is 0 Å². The van der Waals surface area contributed by atoms with Gasteiger partial charge in [-0.2, -0.15) is 0 Å². The molecule has 4 nitrogen and oxygen atoms in total. The van der Waals surface area contributed by atoms with Crippen LogP contribution in [0.3, 0.4) is 0 Å². The van der Waals surface area contributed by atoms with Crippen molar-refractivity contribution in [2.75, 3.05) is 51.3 Å². The van der Waals surface area contributed by atoms with Crippen molar-refractivity contribution in [3.63, 3.8) is 0 Å². The van der Waals surface area contributed by atoms with Gasteiger partial charge in [-0.1, -0.05) is 18.2 Å². The van der Waals surface area contributed by atoms with Crippen LogP contribution in [-0.4, -0.2) is 56.9 Å². The summed E-state index contributed by atoms with van der Waals surface area (Å²) in [6.45, 7) is 7.73. The van der Waals surface area contributed by atoms with Crippen LogP contribution < -0.4 is 10.6 Å². The highest BCUT2D eigenvalue weighted by Crippen LogP contribution is 2.40. The molecule has 0 spiro atoms. The third-order valence-electron chi connectivity index (χ3n) is 6.16. The number of rotatable bonds is 4. The second-order valence-electron chi connectivity index (χ2n) is 7.59. The Hall–Kier alpha value is -1.10. The highest BCUT2D eigenvalue weighted by molar-refractivity contribution is 5.57. The Morgan fingerprint density at radius 1 is 1.08 bits per heavy atom. The smallest absolute Gasteiger partial charge is 0.0591 e. The molecule has 2 atom stereocenters. The Labute approximate surface area is 145 Å². The molecule has 1 aromatic rings. The van der Waals surface area contributed by atoms with Crippen molar-refractivity contribution in [3.05, 3.63) is 29.8 Å². The van der Waals surface area contributed by atoms with Crippen molar-refractivity contribution in [3.8, 4) is 0 Å². The molecule has 3 aliphatic heterocycles. The number of ether oxygens (including phenoxy) is 1. The fourth-order valence-corrected chi connectivity index (χ4v) is 4.66. The number of nitrogens with zero attached hydrogens (tertiary/aromatic N) is 1. The summed E-state index contributed by atoms with van der Waals surface area (Å²) >= 11 is 0. The van der Waals surface area contributed by atoms with Gasteiger partial charge in [0, 0.05) is 37.3 Å². The SMILES string of the molecule is c1ccc2c(c1)NCC2C1CCN(CCC2CCOCCN2)CC1. The van der Waals surface area contributed by atoms with Crippen LogP contribution in [0.15, 0.2) is 24.3 Å². The summed E-state index contributed by atoms with van der Waals surface area (Å²) in [7, 11) is 0. The lowest BCUT2D eigenvalue weighted by Gasteiger charge is -2.35. The molecule has 0 bridgehead atoms. The molecule has 2 N–H and O–H groups in total. The zero-order valence-corrected chi connectivity index (χ0v) is 14.7. The normalized spacial score (nSPS) is 29.0. The highest BCUT2D eigenvalue weighted by Gasteiger charge is 2.32. The van der Waals surface area contributed by atoms with Crippen LogP contribution in [0.2, 0.25) is 0 Å². The third kappa shape index (κ3) is 3.76. The number of nitrogens with one attached hydrogen (secondary N) is 2. The Bertz CT molecular complexity index is 519. The number of piperidine rings is 1. The van der Waals surface area contributed by atoms with Crippen LogP contribution >= 0.6 is 0 Å². The van der Waals surface area contributed by atoms with Gasteiger partial charge in [0.25, 0.3) is 0 Å². The molecule has 3 heterocycles. The zero-order valence-electron chi connectivity index (χ0n) is 14.7. The average Bonchev–Trinajstić information content (AvgIpc) is 2.88. The van der Waals surface area contributed by atoms with Gasteiger partial charge in [-0.3, -0.25) is 0 Å². The fraction of sp³-hybridized carbons (Fsp3) is 0.700. The molecule has 24 heavy (non-hydrogen) atoms. The Kier molecular flexibility index (Phi) is 5.36. The van der Waals surface area contributed by atoms with Gasteiger partial charge in [-0.15, -0.1) is 0 Å². The van der Waals surface area contributed by atoms with Gasteiger partial charge in [-0.05, 0) is 62.9 Å². The lowest BCUT2D eigenvalue weighted by atomic mass is 9.81. The van der Waals surface area contributed by atoms with Crippen LogP contribution in [0.4, 0.5) is 5.69 Å². The molecule has 3 aliphatic rings. The van der Waals surface area contributed by atoms with Crippen LogP contribution in [0.1, 0.15) is 37.2 Å². The lowest BCUT2D eigenvalue weighted by molar-refractivity contribution is 0.146. The Morgan fingerprint density at radius 3 is 2.88 bits per heavy atom. The molecular weight excluding hydrogens is 298 g/mol. The molecule has 0 saturated carbocycles. The number of likely N-dealkylation sites (tertiary alicyclic amines) is 1. The molecule has 2 fully saturated rings. The summed E-state index contributed by atoms with van der Waals surface area (Å²) in [6.07, 6.45) is 5.13. The summed E-state index contributed by atoms with van der Waals surface area (Å²) < 4.78 is 5.53. The maximum absolute atomic E-state index is 5.53. The van der Waals surface area contributed by atoms with E-state index in [1.54, 1.807) is 5.56 Å². The predicted octanol–water partition coefficient (Wildman–Crippen LogP) is 2.68. The molecule has 0 amide bonds. The van der Waals surface area contributed by atoms with E-state index in [-0.39, 0.29) is 0 Å². The van der Waals surface area contributed by atoms with Crippen LogP contribution in [0.5, 0.6) is 0 Å². The predicted molar refractivity (Wildman–Crippen MR) is 98.7 cm³/mol. The summed E-state index contributed by atoms with van der Waals surface area (Å²) in [4.78, 5) is 2.68. The minimum Gasteiger partial charge on any atom is -0.384 e. The van der Waals surface area contributed by atoms with Crippen LogP contribution in [0, 0.1) is 5.92 Å². The first-order valence-electron chi connectivity index (χ1n) is 9.76. The molecule has 2 saturated heterocycles. The van der Waals surface area contributed by atoms with Crippen molar-refractivity contribution in [1.82, 2.24) is 10.2 Å². The van der Waals surface area contributed by atoms with Crippen LogP contribution in [0.25, 0.3) is 0 Å². The lowest BCUT2D eigenvalue weighted by Crippen LogP contribution is -2.39. The molecule has 0 aromatic heterocycles. The molecule has 132 valence electrons. The van der Waals surface area contributed by atoms with Gasteiger partial charge >= 0.3 is 0 Å². The van der Waals surface area contributed by atoms with Gasteiger partial charge in [0.1, 0.15) is 0 Å². The van der Waals surface area contributed by atoms with E-state index in [1.807, 2.05) is 0 Å². The van der Waals surface area contributed by atoms with Gasteiger partial charge in [0.15, 0.2) is 0 Å². The van der Waals surface area contributed by atoms with Crippen molar-refractivity contribution in [1.29, 1.82) is 0 Å². The second-order valence-corrected chi connectivity index (χ2v) is 7.59. The standard InChI is InChI=1S/C20H31N3O/c1-2-4-20-18(3-1)19(15-22-20)16-5-10-23(11-6-16)12-7-17-8-13-24-14-9-21-17/h1-4,16-17,19,21-22H,5-15H2. The second kappa shape index (κ2) is 7.85. The molecule has 1 aromatic carbocycles. The summed E-state index contributed by atoms with van der Waals surface area (Å²) in [6, 6.07) is 9.54. The van der Waals surface area contributed by atoms with E-state index in [4.69, 9.17) is 4.74 Å². The van der Waals surface area contributed by atoms with E-state index in [9.17, 15) is 0 Å². The van der Waals surface area contributed by atoms with Crippen molar-refractivity contribution < 1.29 is 4.74 Å². The first-order chi connectivity index (χ1) is 11.9. The highest BCUT2D eigenvalue weighted by atomic mass is 16.5. The van der Waals surface area contributed by atoms with E-state index in [1.165, 1.54) is 51.0 Å². The minimum atomic E-state index is 0.649. The van der Waals surface area contributed by atoms with Gasteiger partial charge < -0.3 is 20.3 Å². The first kappa shape index (κ1) is 16.4. The monoisotopic (exact) mass is 329 g/mol. The van der Waals surface area contributed by atoms with Gasteiger partial charge in [0.05, 0.1) is 6.61 Å². The molecule has 2 unspecified atom stereocenters. The summed E-state index contributed by atoms with van der Waals surface area (Å²) in [5, 5.41) is 7.22. The summed E-state index contributed by atoms with van der Waals surface area (Å²) in [5.41, 5.74) is 2.92. The quantitative estimate of drug-likeness (QED) is 0.890. The molecule has 4 heteroatoms. The van der Waals surface area contributed by atoms with E-state index in [0.29, 0.717) is 6.04 Å². The average molecular weight is 329 g/mol. The van der Waals surface area contributed by atoms with Crippen molar-refractivity contribution in [2.45, 2.75) is 37.6 Å².